The second-order valence-electron chi connectivity index (χ2n) is 16.0. The molecule has 62 heavy (non-hydrogen) atoms. The van der Waals surface area contributed by atoms with Crippen LogP contribution in [0.1, 0.15) is 61.6 Å². The predicted molar refractivity (Wildman–Crippen MR) is 243 cm³/mol. The van der Waals surface area contributed by atoms with Gasteiger partial charge in [0.2, 0.25) is 23.6 Å². The summed E-state index contributed by atoms with van der Waals surface area (Å²) in [6.07, 6.45) is 22.6. The van der Waals surface area contributed by atoms with Gasteiger partial charge in [0.1, 0.15) is 23.6 Å². The van der Waals surface area contributed by atoms with Crippen molar-refractivity contribution >= 4 is 47.2 Å². The molecular weight excluding hydrogens is 777 g/mol. The van der Waals surface area contributed by atoms with Crippen molar-refractivity contribution in [2.45, 2.75) is 75.7 Å². The number of para-hydroxylation sites is 2. The van der Waals surface area contributed by atoms with Gasteiger partial charge in [-0.1, -0.05) is 115 Å². The third-order valence-corrected chi connectivity index (χ3v) is 11.7. The molecule has 0 bridgehead atoms. The minimum absolute atomic E-state index is 0.00639. The zero-order valence-electron chi connectivity index (χ0n) is 34.7. The second-order valence-corrected chi connectivity index (χ2v) is 16.0. The zero-order valence-corrected chi connectivity index (χ0v) is 34.7. The van der Waals surface area contributed by atoms with Gasteiger partial charge in [-0.2, -0.15) is 0 Å². The average Bonchev–Trinajstić information content (AvgIpc) is 4.01. The molecule has 4 aliphatic rings. The van der Waals surface area contributed by atoms with E-state index in [1.54, 1.807) is 9.80 Å². The van der Waals surface area contributed by atoms with Crippen LogP contribution in [0, 0.1) is 0 Å². The summed E-state index contributed by atoms with van der Waals surface area (Å²) in [6.45, 7) is 1.09. The third kappa shape index (κ3) is 10.7. The summed E-state index contributed by atoms with van der Waals surface area (Å²) in [7, 11) is 0. The minimum Gasteiger partial charge on any atom is -0.457 e. The maximum absolute atomic E-state index is 13.6. The Labute approximate surface area is 363 Å². The molecule has 8 rings (SSSR count). The highest BCUT2D eigenvalue weighted by molar-refractivity contribution is 5.99. The van der Waals surface area contributed by atoms with E-state index >= 15 is 0 Å². The van der Waals surface area contributed by atoms with Gasteiger partial charge in [-0.15, -0.1) is 0 Å². The number of amides is 4. The number of nitrogens with zero attached hydrogens (tertiary/aromatic N) is 2. The molecule has 2 N–H and O–H groups in total. The summed E-state index contributed by atoms with van der Waals surface area (Å²) in [5, 5.41) is 6.04. The highest BCUT2D eigenvalue weighted by Crippen LogP contribution is 2.29. The van der Waals surface area contributed by atoms with Crippen molar-refractivity contribution in [3.8, 4) is 11.5 Å². The number of allylic oxidation sites excluding steroid dienone is 4. The Kier molecular flexibility index (Phi) is 13.7. The topological polar surface area (TPSA) is 117 Å². The van der Waals surface area contributed by atoms with E-state index in [0.29, 0.717) is 48.8 Å². The number of benzene rings is 4. The first-order valence-corrected chi connectivity index (χ1v) is 21.6. The van der Waals surface area contributed by atoms with Crippen LogP contribution in [-0.4, -0.2) is 70.8 Å². The fraction of sp³-hybridized carbons (Fsp3) is 0.269. The number of carbonyl (C=O) groups is 4. The SMILES string of the molecule is O=C(Nc1ccc(/C=C/c2ccc(NC(=O)[C@@H]3CCCN3C(=O)Cc3ccccc3Oc3ccccc3)cc2)cc1)[C@@H]1CCCN1C(=O)CC1=CC=CCC1OC1C=CC=CC1. The third-order valence-electron chi connectivity index (χ3n) is 11.7. The molecule has 2 aliphatic carbocycles. The van der Waals surface area contributed by atoms with Crippen molar-refractivity contribution in [3.63, 3.8) is 0 Å². The standard InChI is InChI=1S/C52H52N4O6/c57-49(35-39-13-7-9-21-47(39)61-43-15-3-1-4-16-43)55-33-11-19-45(55)51(59)53-41-29-25-37(26-30-41)23-24-38-27-31-42(32-28-38)54-52(60)46-20-12-34-56(46)50(58)36-40-14-8-10-22-48(40)62-44-17-5-2-6-18-44/h1-10,13-17,21,23-32,44-46,48H,11-12,18-20,22,33-36H2,(H,53,59)(H,54,60)/b24-23+/t44?,45-,46-,48?/m0/s1. The molecule has 4 amide bonds. The van der Waals surface area contributed by atoms with Crippen molar-refractivity contribution in [1.29, 1.82) is 0 Å². The van der Waals surface area contributed by atoms with Crippen LogP contribution in [0.25, 0.3) is 12.2 Å². The summed E-state index contributed by atoms with van der Waals surface area (Å²) in [6, 6.07) is 31.1. The van der Waals surface area contributed by atoms with Crippen LogP contribution in [0.3, 0.4) is 0 Å². The Morgan fingerprint density at radius 2 is 1.21 bits per heavy atom. The van der Waals surface area contributed by atoms with E-state index in [0.717, 1.165) is 47.9 Å². The van der Waals surface area contributed by atoms with Crippen LogP contribution in [0.15, 0.2) is 151 Å². The predicted octanol–water partition coefficient (Wildman–Crippen LogP) is 9.30. The number of carbonyl (C=O) groups excluding carboxylic acids is 4. The van der Waals surface area contributed by atoms with E-state index in [2.05, 4.69) is 22.8 Å². The fourth-order valence-electron chi connectivity index (χ4n) is 8.42. The van der Waals surface area contributed by atoms with Gasteiger partial charge < -0.3 is 29.9 Å². The minimum atomic E-state index is -0.547. The lowest BCUT2D eigenvalue weighted by Crippen LogP contribution is -2.43. The fourth-order valence-corrected chi connectivity index (χ4v) is 8.42. The Morgan fingerprint density at radius 1 is 0.629 bits per heavy atom. The molecule has 10 nitrogen and oxygen atoms in total. The highest BCUT2D eigenvalue weighted by atomic mass is 16.5. The lowest BCUT2D eigenvalue weighted by Gasteiger charge is -2.29. The van der Waals surface area contributed by atoms with Crippen molar-refractivity contribution in [2.24, 2.45) is 0 Å². The van der Waals surface area contributed by atoms with E-state index in [4.69, 9.17) is 9.47 Å². The summed E-state index contributed by atoms with van der Waals surface area (Å²) >= 11 is 0. The summed E-state index contributed by atoms with van der Waals surface area (Å²) in [4.78, 5) is 57.4. The van der Waals surface area contributed by atoms with Crippen molar-refractivity contribution in [1.82, 2.24) is 9.80 Å². The first kappa shape index (κ1) is 41.9. The largest absolute Gasteiger partial charge is 0.457 e. The Bertz CT molecular complexity index is 2380. The number of nitrogens with one attached hydrogen (secondary N) is 2. The van der Waals surface area contributed by atoms with Crippen molar-refractivity contribution in [2.75, 3.05) is 23.7 Å². The van der Waals surface area contributed by atoms with E-state index < -0.39 is 12.1 Å². The van der Waals surface area contributed by atoms with Crippen LogP contribution in [0.2, 0.25) is 0 Å². The van der Waals surface area contributed by atoms with E-state index in [1.807, 2.05) is 146 Å². The summed E-state index contributed by atoms with van der Waals surface area (Å²) < 4.78 is 12.4. The molecule has 2 unspecified atom stereocenters. The number of hydrogen-bond donors (Lipinski definition) is 2. The lowest BCUT2D eigenvalue weighted by atomic mass is 9.97. The number of likely N-dealkylation sites (tertiary alicyclic amines) is 2. The van der Waals surface area contributed by atoms with E-state index in [9.17, 15) is 19.2 Å². The van der Waals surface area contributed by atoms with E-state index in [1.165, 1.54) is 0 Å². The van der Waals surface area contributed by atoms with Gasteiger partial charge in [0.15, 0.2) is 0 Å². The van der Waals surface area contributed by atoms with Crippen LogP contribution < -0.4 is 15.4 Å². The van der Waals surface area contributed by atoms with E-state index in [-0.39, 0.29) is 48.7 Å². The quantitative estimate of drug-likeness (QED) is 0.123. The van der Waals surface area contributed by atoms with Gasteiger partial charge in [0.05, 0.1) is 25.0 Å². The summed E-state index contributed by atoms with van der Waals surface area (Å²) in [5.41, 5.74) is 4.93. The Morgan fingerprint density at radius 3 is 1.82 bits per heavy atom. The average molecular weight is 829 g/mol. The number of anilines is 2. The zero-order chi connectivity index (χ0) is 42.7. The molecule has 2 heterocycles. The molecule has 2 aliphatic heterocycles. The Hall–Kier alpha value is -6.78. The van der Waals surface area contributed by atoms with Gasteiger partial charge in [0, 0.05) is 30.0 Å². The first-order valence-electron chi connectivity index (χ1n) is 21.6. The molecule has 4 aromatic carbocycles. The maximum atomic E-state index is 13.6. The number of ether oxygens (including phenoxy) is 2. The molecule has 0 saturated carbocycles. The monoisotopic (exact) mass is 828 g/mol. The van der Waals surface area contributed by atoms with Gasteiger partial charge in [0.25, 0.3) is 0 Å². The molecule has 4 aromatic rings. The lowest BCUT2D eigenvalue weighted by molar-refractivity contribution is -0.136. The van der Waals surface area contributed by atoms with Crippen LogP contribution in [0.5, 0.6) is 11.5 Å². The highest BCUT2D eigenvalue weighted by Gasteiger charge is 2.36. The van der Waals surface area contributed by atoms with Gasteiger partial charge >= 0.3 is 0 Å². The van der Waals surface area contributed by atoms with Crippen molar-refractivity contribution in [3.05, 3.63) is 168 Å². The summed E-state index contributed by atoms with van der Waals surface area (Å²) in [5.74, 6) is 0.770. The molecule has 0 radical (unpaired) electrons. The smallest absolute Gasteiger partial charge is 0.247 e. The molecule has 0 spiro atoms. The van der Waals surface area contributed by atoms with Crippen molar-refractivity contribution < 1.29 is 28.7 Å². The van der Waals surface area contributed by atoms with Gasteiger partial charge in [-0.05, 0) is 97.7 Å². The molecule has 4 atom stereocenters. The molecule has 2 fully saturated rings. The molecule has 316 valence electrons. The molecule has 10 heteroatoms. The maximum Gasteiger partial charge on any atom is 0.247 e. The molecule has 2 saturated heterocycles. The van der Waals surface area contributed by atoms with Gasteiger partial charge in [-0.25, -0.2) is 0 Å². The second kappa shape index (κ2) is 20.2. The van der Waals surface area contributed by atoms with Crippen LogP contribution >= 0.6 is 0 Å². The Balaban J connectivity index is 0.804. The van der Waals surface area contributed by atoms with Crippen LogP contribution in [-0.2, 0) is 30.3 Å². The number of hydrogen-bond acceptors (Lipinski definition) is 6. The number of rotatable bonds is 14. The normalized spacial score (nSPS) is 20.6. The molecular formula is C52H52N4O6. The molecule has 0 aromatic heterocycles. The van der Waals surface area contributed by atoms with Crippen LogP contribution in [0.4, 0.5) is 11.4 Å². The first-order chi connectivity index (χ1) is 30.4. The van der Waals surface area contributed by atoms with Gasteiger partial charge in [-0.3, -0.25) is 19.2 Å².